The fraction of sp³-hybridized carbons (Fsp3) is 0.188. The highest BCUT2D eigenvalue weighted by molar-refractivity contribution is 5.92. The Morgan fingerprint density at radius 1 is 1.36 bits per heavy atom. The standard InChI is InChI=1S/C16H14N2O4/c1-11(15(19)18-10-14-6-3-7-21-14)22-16(20)13-5-2-4-12(8-13)9-17/h2-8,11H,10H2,1H3,(H,18,19)/t11-/m0/s1. The number of nitrogens with zero attached hydrogens (tertiary/aromatic N) is 1. The Balaban J connectivity index is 1.90. The fourth-order valence-corrected chi connectivity index (χ4v) is 1.73. The molecule has 1 amide bonds. The highest BCUT2D eigenvalue weighted by Gasteiger charge is 2.19. The third-order valence-corrected chi connectivity index (χ3v) is 2.90. The van der Waals surface area contributed by atoms with Crippen molar-refractivity contribution in [3.8, 4) is 6.07 Å². The summed E-state index contributed by atoms with van der Waals surface area (Å²) in [5.41, 5.74) is 0.578. The molecule has 0 aliphatic heterocycles. The van der Waals surface area contributed by atoms with E-state index >= 15 is 0 Å². The largest absolute Gasteiger partial charge is 0.467 e. The third-order valence-electron chi connectivity index (χ3n) is 2.90. The van der Waals surface area contributed by atoms with Crippen LogP contribution in [-0.4, -0.2) is 18.0 Å². The number of hydrogen-bond acceptors (Lipinski definition) is 5. The average Bonchev–Trinajstić information content (AvgIpc) is 3.05. The first-order valence-corrected chi connectivity index (χ1v) is 6.61. The molecule has 6 nitrogen and oxygen atoms in total. The number of esters is 1. The van der Waals surface area contributed by atoms with Crippen LogP contribution in [0.5, 0.6) is 0 Å². The summed E-state index contributed by atoms with van der Waals surface area (Å²) in [6.45, 7) is 1.70. The SMILES string of the molecule is C[C@H](OC(=O)c1cccc(C#N)c1)C(=O)NCc1ccco1. The fourth-order valence-electron chi connectivity index (χ4n) is 1.73. The predicted molar refractivity (Wildman–Crippen MR) is 76.6 cm³/mol. The van der Waals surface area contributed by atoms with Crippen molar-refractivity contribution in [3.63, 3.8) is 0 Å². The number of rotatable bonds is 5. The number of furan rings is 1. The van der Waals surface area contributed by atoms with Crippen LogP contribution in [0.3, 0.4) is 0 Å². The molecule has 0 aliphatic carbocycles. The second-order valence-electron chi connectivity index (χ2n) is 4.54. The van der Waals surface area contributed by atoms with Gasteiger partial charge in [0, 0.05) is 0 Å². The van der Waals surface area contributed by atoms with Crippen molar-refractivity contribution in [1.82, 2.24) is 5.32 Å². The van der Waals surface area contributed by atoms with Crippen LogP contribution < -0.4 is 5.32 Å². The molecule has 2 aromatic rings. The zero-order valence-electron chi connectivity index (χ0n) is 11.9. The molecule has 1 aromatic heterocycles. The molecule has 1 atom stereocenters. The number of hydrogen-bond donors (Lipinski definition) is 1. The van der Waals surface area contributed by atoms with Gasteiger partial charge in [0.15, 0.2) is 6.10 Å². The number of nitriles is 1. The Morgan fingerprint density at radius 2 is 2.18 bits per heavy atom. The lowest BCUT2D eigenvalue weighted by atomic mass is 10.1. The van der Waals surface area contributed by atoms with E-state index in [0.717, 1.165) is 0 Å². The molecule has 1 N–H and O–H groups in total. The molecule has 0 saturated carbocycles. The topological polar surface area (TPSA) is 92.3 Å². The van der Waals surface area contributed by atoms with Crippen LogP contribution in [0.15, 0.2) is 47.1 Å². The van der Waals surface area contributed by atoms with Crippen LogP contribution >= 0.6 is 0 Å². The number of carbonyl (C=O) groups excluding carboxylic acids is 2. The average molecular weight is 298 g/mol. The number of nitrogens with one attached hydrogen (secondary N) is 1. The van der Waals surface area contributed by atoms with Crippen LogP contribution in [0.25, 0.3) is 0 Å². The summed E-state index contributed by atoms with van der Waals surface area (Å²) in [6.07, 6.45) is 0.556. The minimum atomic E-state index is -0.951. The third kappa shape index (κ3) is 3.96. The first-order chi connectivity index (χ1) is 10.6. The van der Waals surface area contributed by atoms with Gasteiger partial charge in [-0.2, -0.15) is 5.26 Å². The van der Waals surface area contributed by atoms with Gasteiger partial charge in [0.25, 0.3) is 5.91 Å². The van der Waals surface area contributed by atoms with Gasteiger partial charge in [-0.1, -0.05) is 6.07 Å². The van der Waals surface area contributed by atoms with Crippen LogP contribution in [-0.2, 0) is 16.1 Å². The van der Waals surface area contributed by atoms with Crippen LogP contribution in [0.1, 0.15) is 28.6 Å². The van der Waals surface area contributed by atoms with Crippen molar-refractivity contribution in [2.75, 3.05) is 0 Å². The lowest BCUT2D eigenvalue weighted by Gasteiger charge is -2.13. The predicted octanol–water partition coefficient (Wildman–Crippen LogP) is 2.01. The Hall–Kier alpha value is -3.07. The molecule has 1 heterocycles. The highest BCUT2D eigenvalue weighted by atomic mass is 16.5. The first kappa shape index (κ1) is 15.3. The number of amides is 1. The molecule has 1 aromatic carbocycles. The van der Waals surface area contributed by atoms with E-state index in [1.54, 1.807) is 24.3 Å². The van der Waals surface area contributed by atoms with E-state index in [2.05, 4.69) is 5.32 Å². The summed E-state index contributed by atoms with van der Waals surface area (Å²) in [5, 5.41) is 11.4. The second kappa shape index (κ2) is 7.09. The van der Waals surface area contributed by atoms with Gasteiger partial charge in [0.05, 0.1) is 30.0 Å². The van der Waals surface area contributed by atoms with E-state index in [1.165, 1.54) is 25.3 Å². The van der Waals surface area contributed by atoms with Crippen molar-refractivity contribution in [1.29, 1.82) is 5.26 Å². The molecule has 22 heavy (non-hydrogen) atoms. The smallest absolute Gasteiger partial charge is 0.338 e. The van der Waals surface area contributed by atoms with E-state index in [0.29, 0.717) is 11.3 Å². The Kier molecular flexibility index (Phi) is 4.94. The number of benzene rings is 1. The van der Waals surface area contributed by atoms with Gasteiger partial charge < -0.3 is 14.5 Å². The summed E-state index contributed by atoms with van der Waals surface area (Å²) in [5.74, 6) is -0.479. The Bertz CT molecular complexity index is 701. The van der Waals surface area contributed by atoms with E-state index in [9.17, 15) is 9.59 Å². The minimum absolute atomic E-state index is 0.220. The van der Waals surface area contributed by atoms with Gasteiger partial charge in [0.2, 0.25) is 0 Å². The molecular weight excluding hydrogens is 284 g/mol. The summed E-state index contributed by atoms with van der Waals surface area (Å²) < 4.78 is 10.2. The Morgan fingerprint density at radius 3 is 2.86 bits per heavy atom. The normalized spacial score (nSPS) is 11.3. The quantitative estimate of drug-likeness (QED) is 0.852. The summed E-state index contributed by atoms with van der Waals surface area (Å²) in [6, 6.07) is 11.5. The van der Waals surface area contributed by atoms with E-state index in [-0.39, 0.29) is 12.1 Å². The first-order valence-electron chi connectivity index (χ1n) is 6.61. The zero-order chi connectivity index (χ0) is 15.9. The summed E-state index contributed by atoms with van der Waals surface area (Å²) >= 11 is 0. The van der Waals surface area contributed by atoms with Crippen LogP contribution in [0.2, 0.25) is 0 Å². The van der Waals surface area contributed by atoms with E-state index in [1.807, 2.05) is 6.07 Å². The van der Waals surface area contributed by atoms with E-state index in [4.69, 9.17) is 14.4 Å². The second-order valence-corrected chi connectivity index (χ2v) is 4.54. The number of ether oxygens (including phenoxy) is 1. The zero-order valence-corrected chi connectivity index (χ0v) is 11.9. The van der Waals surface area contributed by atoms with Crippen molar-refractivity contribution < 1.29 is 18.7 Å². The summed E-state index contributed by atoms with van der Waals surface area (Å²) in [7, 11) is 0. The monoisotopic (exact) mass is 298 g/mol. The highest BCUT2D eigenvalue weighted by Crippen LogP contribution is 2.08. The van der Waals surface area contributed by atoms with Crippen LogP contribution in [0.4, 0.5) is 0 Å². The molecule has 0 fully saturated rings. The molecule has 112 valence electrons. The van der Waals surface area contributed by atoms with Crippen LogP contribution in [0, 0.1) is 11.3 Å². The molecule has 0 spiro atoms. The molecule has 6 heteroatoms. The molecule has 0 saturated heterocycles. The van der Waals surface area contributed by atoms with Gasteiger partial charge >= 0.3 is 5.97 Å². The lowest BCUT2D eigenvalue weighted by molar-refractivity contribution is -0.129. The number of carbonyl (C=O) groups is 2. The van der Waals surface area contributed by atoms with Gasteiger partial charge in [0.1, 0.15) is 5.76 Å². The van der Waals surface area contributed by atoms with Gasteiger partial charge in [-0.05, 0) is 37.3 Å². The van der Waals surface area contributed by atoms with Crippen molar-refractivity contribution in [2.45, 2.75) is 19.6 Å². The molecule has 0 radical (unpaired) electrons. The lowest BCUT2D eigenvalue weighted by Crippen LogP contribution is -2.35. The van der Waals surface area contributed by atoms with Crippen molar-refractivity contribution in [2.24, 2.45) is 0 Å². The maximum absolute atomic E-state index is 11.9. The van der Waals surface area contributed by atoms with Crippen molar-refractivity contribution >= 4 is 11.9 Å². The van der Waals surface area contributed by atoms with Crippen molar-refractivity contribution in [3.05, 3.63) is 59.5 Å². The van der Waals surface area contributed by atoms with Gasteiger partial charge in [-0.15, -0.1) is 0 Å². The summed E-state index contributed by atoms with van der Waals surface area (Å²) in [4.78, 5) is 23.8. The van der Waals surface area contributed by atoms with E-state index < -0.39 is 18.0 Å². The van der Waals surface area contributed by atoms with Gasteiger partial charge in [-0.3, -0.25) is 4.79 Å². The molecule has 0 aliphatic rings. The molecule has 2 rings (SSSR count). The molecular formula is C16H14N2O4. The Labute approximate surface area is 127 Å². The molecule has 0 unspecified atom stereocenters. The molecule has 0 bridgehead atoms. The maximum atomic E-state index is 11.9. The van der Waals surface area contributed by atoms with Gasteiger partial charge in [-0.25, -0.2) is 4.79 Å². The maximum Gasteiger partial charge on any atom is 0.338 e. The minimum Gasteiger partial charge on any atom is -0.467 e.